The van der Waals surface area contributed by atoms with Gasteiger partial charge in [0, 0.05) is 18.1 Å². The zero-order chi connectivity index (χ0) is 27.7. The van der Waals surface area contributed by atoms with E-state index in [4.69, 9.17) is 11.6 Å². The summed E-state index contributed by atoms with van der Waals surface area (Å²) in [7, 11) is -4.12. The molecule has 2 amide bonds. The van der Waals surface area contributed by atoms with Crippen LogP contribution in [0.1, 0.15) is 32.8 Å². The number of halogens is 1. The number of amides is 2. The fraction of sp³-hybridized carbons (Fsp3) is 0.310. The standard InChI is InChI=1S/C29H34ClN3O4S/c1-4-27(29(35)31-19-22(2)3)32(20-23-12-7-5-8-13-23)28(34)21-33(25-15-11-14-24(30)18-25)38(36,37)26-16-9-6-10-17-26/h5-18,22,27H,4,19-21H2,1-3H3,(H,31,35). The lowest BCUT2D eigenvalue weighted by Crippen LogP contribution is -2.52. The van der Waals surface area contributed by atoms with Crippen molar-refractivity contribution in [2.75, 3.05) is 17.4 Å². The van der Waals surface area contributed by atoms with Crippen LogP contribution in [0.4, 0.5) is 5.69 Å². The Kier molecular flexibility index (Phi) is 10.3. The topological polar surface area (TPSA) is 86.8 Å². The summed E-state index contributed by atoms with van der Waals surface area (Å²) in [6, 6.07) is 22.8. The van der Waals surface area contributed by atoms with Gasteiger partial charge < -0.3 is 10.2 Å². The molecular weight excluding hydrogens is 522 g/mol. The lowest BCUT2D eigenvalue weighted by Gasteiger charge is -2.33. The van der Waals surface area contributed by atoms with Gasteiger partial charge in [-0.3, -0.25) is 13.9 Å². The fourth-order valence-electron chi connectivity index (χ4n) is 4.00. The predicted molar refractivity (Wildman–Crippen MR) is 151 cm³/mol. The van der Waals surface area contributed by atoms with Crippen molar-refractivity contribution in [3.8, 4) is 0 Å². The average molecular weight is 556 g/mol. The molecule has 7 nitrogen and oxygen atoms in total. The number of hydrogen-bond donors (Lipinski definition) is 1. The molecule has 0 spiro atoms. The van der Waals surface area contributed by atoms with Gasteiger partial charge >= 0.3 is 0 Å². The molecular formula is C29H34ClN3O4S. The number of anilines is 1. The average Bonchev–Trinajstić information content (AvgIpc) is 2.91. The summed E-state index contributed by atoms with van der Waals surface area (Å²) in [5.41, 5.74) is 1.09. The van der Waals surface area contributed by atoms with Crippen molar-refractivity contribution in [1.82, 2.24) is 10.2 Å². The molecule has 3 rings (SSSR count). The highest BCUT2D eigenvalue weighted by Gasteiger charge is 2.33. The number of benzene rings is 3. The van der Waals surface area contributed by atoms with Crippen LogP contribution in [0.5, 0.6) is 0 Å². The van der Waals surface area contributed by atoms with E-state index in [0.717, 1.165) is 9.87 Å². The van der Waals surface area contributed by atoms with E-state index in [1.54, 1.807) is 36.4 Å². The lowest BCUT2D eigenvalue weighted by molar-refractivity contribution is -0.140. The summed E-state index contributed by atoms with van der Waals surface area (Å²) in [6.07, 6.45) is 0.366. The van der Waals surface area contributed by atoms with Crippen molar-refractivity contribution in [2.24, 2.45) is 5.92 Å². The maximum absolute atomic E-state index is 13.9. The number of carbonyl (C=O) groups is 2. The van der Waals surface area contributed by atoms with E-state index >= 15 is 0 Å². The van der Waals surface area contributed by atoms with Crippen LogP contribution >= 0.6 is 11.6 Å². The Morgan fingerprint density at radius 2 is 1.55 bits per heavy atom. The molecule has 3 aromatic carbocycles. The Balaban J connectivity index is 2.02. The second-order valence-electron chi connectivity index (χ2n) is 9.37. The van der Waals surface area contributed by atoms with Crippen LogP contribution in [0.2, 0.25) is 5.02 Å². The fourth-order valence-corrected chi connectivity index (χ4v) is 5.61. The normalized spacial score (nSPS) is 12.1. The van der Waals surface area contributed by atoms with E-state index in [1.165, 1.54) is 23.1 Å². The monoisotopic (exact) mass is 555 g/mol. The molecule has 0 saturated heterocycles. The molecule has 0 bridgehead atoms. The quantitative estimate of drug-likeness (QED) is 0.336. The first kappa shape index (κ1) is 29.2. The predicted octanol–water partition coefficient (Wildman–Crippen LogP) is 5.11. The van der Waals surface area contributed by atoms with Gasteiger partial charge in [-0.25, -0.2) is 8.42 Å². The zero-order valence-electron chi connectivity index (χ0n) is 21.9. The van der Waals surface area contributed by atoms with E-state index < -0.39 is 28.5 Å². The van der Waals surface area contributed by atoms with E-state index in [-0.39, 0.29) is 29.0 Å². The van der Waals surface area contributed by atoms with Gasteiger partial charge in [0.05, 0.1) is 10.6 Å². The molecule has 1 atom stereocenters. The maximum Gasteiger partial charge on any atom is 0.264 e. The van der Waals surface area contributed by atoms with Gasteiger partial charge in [-0.1, -0.05) is 87.0 Å². The number of carbonyl (C=O) groups excluding carboxylic acids is 2. The largest absolute Gasteiger partial charge is 0.354 e. The number of rotatable bonds is 12. The Bertz CT molecular complexity index is 1320. The molecule has 1 N–H and O–H groups in total. The van der Waals surface area contributed by atoms with Crippen molar-refractivity contribution in [2.45, 2.75) is 44.7 Å². The SMILES string of the molecule is CCC(C(=O)NCC(C)C)N(Cc1ccccc1)C(=O)CN(c1cccc(Cl)c1)S(=O)(=O)c1ccccc1. The highest BCUT2D eigenvalue weighted by atomic mass is 35.5. The molecule has 0 aromatic heterocycles. The zero-order valence-corrected chi connectivity index (χ0v) is 23.5. The highest BCUT2D eigenvalue weighted by molar-refractivity contribution is 7.92. The second kappa shape index (κ2) is 13.4. The molecule has 0 aliphatic heterocycles. The van der Waals surface area contributed by atoms with Gasteiger partial charge in [0.2, 0.25) is 11.8 Å². The molecule has 3 aromatic rings. The van der Waals surface area contributed by atoms with E-state index in [1.807, 2.05) is 51.1 Å². The van der Waals surface area contributed by atoms with E-state index in [2.05, 4.69) is 5.32 Å². The second-order valence-corrected chi connectivity index (χ2v) is 11.7. The molecule has 0 aliphatic carbocycles. The maximum atomic E-state index is 13.9. The van der Waals surface area contributed by atoms with Crippen LogP contribution in [0.15, 0.2) is 89.8 Å². The van der Waals surface area contributed by atoms with Crippen molar-refractivity contribution in [3.05, 3.63) is 95.5 Å². The van der Waals surface area contributed by atoms with Crippen molar-refractivity contribution in [3.63, 3.8) is 0 Å². The molecule has 0 radical (unpaired) electrons. The van der Waals surface area contributed by atoms with Crippen LogP contribution in [-0.2, 0) is 26.2 Å². The first-order valence-corrected chi connectivity index (χ1v) is 14.4. The summed E-state index contributed by atoms with van der Waals surface area (Å²) < 4.78 is 28.5. The molecule has 0 aliphatic rings. The van der Waals surface area contributed by atoms with Crippen LogP contribution in [0.25, 0.3) is 0 Å². The first-order valence-electron chi connectivity index (χ1n) is 12.6. The minimum Gasteiger partial charge on any atom is -0.354 e. The Morgan fingerprint density at radius 3 is 2.13 bits per heavy atom. The molecule has 0 saturated carbocycles. The van der Waals surface area contributed by atoms with Crippen molar-refractivity contribution < 1.29 is 18.0 Å². The van der Waals surface area contributed by atoms with Crippen LogP contribution < -0.4 is 9.62 Å². The summed E-state index contributed by atoms with van der Waals surface area (Å²) in [4.78, 5) is 28.6. The summed E-state index contributed by atoms with van der Waals surface area (Å²) in [5.74, 6) is -0.533. The summed E-state index contributed by atoms with van der Waals surface area (Å²) >= 11 is 6.20. The van der Waals surface area contributed by atoms with Crippen LogP contribution in [0.3, 0.4) is 0 Å². The summed E-state index contributed by atoms with van der Waals surface area (Å²) in [6.45, 7) is 5.94. The lowest BCUT2D eigenvalue weighted by atomic mass is 10.1. The van der Waals surface area contributed by atoms with Crippen LogP contribution in [-0.4, -0.2) is 44.3 Å². The molecule has 38 heavy (non-hydrogen) atoms. The van der Waals surface area contributed by atoms with Crippen molar-refractivity contribution >= 4 is 39.1 Å². The Morgan fingerprint density at radius 1 is 0.921 bits per heavy atom. The van der Waals surface area contributed by atoms with Gasteiger partial charge in [-0.05, 0) is 48.2 Å². The van der Waals surface area contributed by atoms with Gasteiger partial charge in [0.1, 0.15) is 12.6 Å². The Labute approximate surface area is 230 Å². The molecule has 1 unspecified atom stereocenters. The first-order chi connectivity index (χ1) is 18.1. The molecule has 0 heterocycles. The van der Waals surface area contributed by atoms with Gasteiger partial charge in [-0.15, -0.1) is 0 Å². The van der Waals surface area contributed by atoms with Gasteiger partial charge in [-0.2, -0.15) is 0 Å². The number of nitrogens with one attached hydrogen (secondary N) is 1. The minimum atomic E-state index is -4.12. The van der Waals surface area contributed by atoms with Crippen molar-refractivity contribution in [1.29, 1.82) is 0 Å². The molecule has 202 valence electrons. The van der Waals surface area contributed by atoms with Gasteiger partial charge in [0.25, 0.3) is 10.0 Å². The van der Waals surface area contributed by atoms with Gasteiger partial charge in [0.15, 0.2) is 0 Å². The summed E-state index contributed by atoms with van der Waals surface area (Å²) in [5, 5.41) is 3.26. The number of nitrogens with zero attached hydrogens (tertiary/aromatic N) is 2. The van der Waals surface area contributed by atoms with E-state index in [9.17, 15) is 18.0 Å². The third-order valence-corrected chi connectivity index (χ3v) is 8.00. The highest BCUT2D eigenvalue weighted by Crippen LogP contribution is 2.27. The van der Waals surface area contributed by atoms with E-state index in [0.29, 0.717) is 18.0 Å². The van der Waals surface area contributed by atoms with Crippen LogP contribution in [0, 0.1) is 5.92 Å². The Hall–Kier alpha value is -3.36. The number of sulfonamides is 1. The molecule has 9 heteroatoms. The third-order valence-electron chi connectivity index (χ3n) is 5.97. The number of hydrogen-bond acceptors (Lipinski definition) is 4. The minimum absolute atomic E-state index is 0.0455. The third kappa shape index (κ3) is 7.58. The molecule has 0 fully saturated rings. The smallest absolute Gasteiger partial charge is 0.264 e.